The smallest absolute Gasteiger partial charge is 0.277 e. The summed E-state index contributed by atoms with van der Waals surface area (Å²) in [5, 5.41) is 6.41. The zero-order valence-electron chi connectivity index (χ0n) is 9.56. The normalized spacial score (nSPS) is 10.2. The summed E-state index contributed by atoms with van der Waals surface area (Å²) in [6, 6.07) is 9.22. The third-order valence-electron chi connectivity index (χ3n) is 2.21. The number of aromatic nitrogens is 1. The van der Waals surface area contributed by atoms with Crippen LogP contribution in [0.1, 0.15) is 16.2 Å². The van der Waals surface area contributed by atoms with Gasteiger partial charge in [-0.05, 0) is 37.4 Å². The van der Waals surface area contributed by atoms with Crippen molar-refractivity contribution < 1.29 is 9.32 Å². The van der Waals surface area contributed by atoms with Crippen LogP contribution in [0.5, 0.6) is 0 Å². The van der Waals surface area contributed by atoms with Gasteiger partial charge in [0.05, 0.1) is 0 Å². The Labute approximate surface area is 103 Å². The van der Waals surface area contributed by atoms with Crippen molar-refractivity contribution in [2.45, 2.75) is 11.8 Å². The van der Waals surface area contributed by atoms with Gasteiger partial charge < -0.3 is 9.84 Å². The summed E-state index contributed by atoms with van der Waals surface area (Å²) in [7, 11) is 0. The van der Waals surface area contributed by atoms with E-state index in [9.17, 15) is 4.79 Å². The molecular weight excluding hydrogens is 236 g/mol. The molecule has 17 heavy (non-hydrogen) atoms. The minimum Gasteiger partial charge on any atom is -0.361 e. The van der Waals surface area contributed by atoms with Crippen molar-refractivity contribution in [3.8, 4) is 0 Å². The van der Waals surface area contributed by atoms with Gasteiger partial charge in [0.25, 0.3) is 5.91 Å². The lowest BCUT2D eigenvalue weighted by Crippen LogP contribution is -2.11. The van der Waals surface area contributed by atoms with Crippen molar-refractivity contribution in [1.29, 1.82) is 0 Å². The number of nitrogens with one attached hydrogen (secondary N) is 1. The lowest BCUT2D eigenvalue weighted by atomic mass is 10.3. The summed E-state index contributed by atoms with van der Waals surface area (Å²) in [6.07, 6.45) is 2.01. The number of anilines is 1. The number of hydrogen-bond acceptors (Lipinski definition) is 4. The Hall–Kier alpha value is -1.75. The number of carbonyl (C=O) groups is 1. The molecule has 0 saturated carbocycles. The molecule has 5 heteroatoms. The molecule has 0 spiro atoms. The number of amides is 1. The second-order valence-corrected chi connectivity index (χ2v) is 4.39. The Morgan fingerprint density at radius 2 is 2.06 bits per heavy atom. The Bertz CT molecular complexity index is 520. The van der Waals surface area contributed by atoms with E-state index < -0.39 is 0 Å². The quantitative estimate of drug-likeness (QED) is 0.848. The monoisotopic (exact) mass is 248 g/mol. The van der Waals surface area contributed by atoms with Crippen molar-refractivity contribution in [1.82, 2.24) is 5.16 Å². The van der Waals surface area contributed by atoms with Gasteiger partial charge in [-0.1, -0.05) is 5.16 Å². The zero-order valence-corrected chi connectivity index (χ0v) is 10.4. The third kappa shape index (κ3) is 2.88. The van der Waals surface area contributed by atoms with E-state index in [-0.39, 0.29) is 11.6 Å². The van der Waals surface area contributed by atoms with Gasteiger partial charge in [0, 0.05) is 16.6 Å². The van der Waals surface area contributed by atoms with Crippen LogP contribution in [-0.2, 0) is 0 Å². The van der Waals surface area contributed by atoms with Crippen molar-refractivity contribution in [2.75, 3.05) is 11.6 Å². The first-order chi connectivity index (χ1) is 8.19. The molecule has 0 aliphatic heterocycles. The van der Waals surface area contributed by atoms with Crippen LogP contribution in [0.15, 0.2) is 39.8 Å². The highest BCUT2D eigenvalue weighted by Gasteiger charge is 2.10. The number of carbonyl (C=O) groups excluding carboxylic acids is 1. The Balaban J connectivity index is 2.07. The molecule has 1 amide bonds. The van der Waals surface area contributed by atoms with Crippen molar-refractivity contribution >= 4 is 23.4 Å². The zero-order chi connectivity index (χ0) is 12.3. The van der Waals surface area contributed by atoms with E-state index in [1.165, 1.54) is 0 Å². The molecule has 1 aromatic carbocycles. The highest BCUT2D eigenvalue weighted by atomic mass is 32.2. The SMILES string of the molecule is CSc1ccc(NC(=O)c2cc(C)on2)cc1. The molecule has 0 unspecified atom stereocenters. The van der Waals surface area contributed by atoms with Gasteiger partial charge in [-0.25, -0.2) is 0 Å². The highest BCUT2D eigenvalue weighted by molar-refractivity contribution is 7.98. The maximum atomic E-state index is 11.7. The second kappa shape index (κ2) is 5.05. The first kappa shape index (κ1) is 11.7. The van der Waals surface area contributed by atoms with Crippen LogP contribution in [0.2, 0.25) is 0 Å². The van der Waals surface area contributed by atoms with Gasteiger partial charge in [-0.2, -0.15) is 0 Å². The number of rotatable bonds is 3. The molecular formula is C12H12N2O2S. The van der Waals surface area contributed by atoms with E-state index in [2.05, 4.69) is 10.5 Å². The molecule has 0 radical (unpaired) electrons. The first-order valence-electron chi connectivity index (χ1n) is 5.08. The average molecular weight is 248 g/mol. The van der Waals surface area contributed by atoms with Gasteiger partial charge in [0.1, 0.15) is 5.76 Å². The molecule has 0 bridgehead atoms. The predicted octanol–water partition coefficient (Wildman–Crippen LogP) is 2.96. The lowest BCUT2D eigenvalue weighted by molar-refractivity contribution is 0.101. The van der Waals surface area contributed by atoms with Crippen molar-refractivity contribution in [3.05, 3.63) is 41.8 Å². The van der Waals surface area contributed by atoms with Crippen molar-refractivity contribution in [3.63, 3.8) is 0 Å². The van der Waals surface area contributed by atoms with Gasteiger partial charge in [-0.3, -0.25) is 4.79 Å². The maximum Gasteiger partial charge on any atom is 0.277 e. The fourth-order valence-corrected chi connectivity index (χ4v) is 1.75. The molecule has 0 saturated heterocycles. The average Bonchev–Trinajstić information content (AvgIpc) is 2.77. The second-order valence-electron chi connectivity index (χ2n) is 3.51. The van der Waals surface area contributed by atoms with Crippen LogP contribution in [0.4, 0.5) is 5.69 Å². The fourth-order valence-electron chi connectivity index (χ4n) is 1.34. The Kier molecular flexibility index (Phi) is 3.49. The molecule has 1 aromatic heterocycles. The predicted molar refractivity (Wildman–Crippen MR) is 67.4 cm³/mol. The van der Waals surface area contributed by atoms with E-state index in [4.69, 9.17) is 4.52 Å². The molecule has 2 rings (SSSR count). The molecule has 4 nitrogen and oxygen atoms in total. The molecule has 0 aliphatic carbocycles. The summed E-state index contributed by atoms with van der Waals surface area (Å²) in [5.41, 5.74) is 1.03. The highest BCUT2D eigenvalue weighted by Crippen LogP contribution is 2.17. The van der Waals surface area contributed by atoms with Crippen LogP contribution >= 0.6 is 11.8 Å². The third-order valence-corrected chi connectivity index (χ3v) is 2.95. The van der Waals surface area contributed by atoms with Crippen LogP contribution < -0.4 is 5.32 Å². The van der Waals surface area contributed by atoms with Crippen LogP contribution in [0.3, 0.4) is 0 Å². The number of thioether (sulfide) groups is 1. The summed E-state index contributed by atoms with van der Waals surface area (Å²) < 4.78 is 4.85. The van der Waals surface area contributed by atoms with E-state index >= 15 is 0 Å². The maximum absolute atomic E-state index is 11.7. The summed E-state index contributed by atoms with van der Waals surface area (Å²) in [4.78, 5) is 12.9. The van der Waals surface area contributed by atoms with Crippen LogP contribution in [0.25, 0.3) is 0 Å². The minimum absolute atomic E-state index is 0.265. The molecule has 88 valence electrons. The molecule has 1 N–H and O–H groups in total. The number of hydrogen-bond donors (Lipinski definition) is 1. The molecule has 2 aromatic rings. The lowest BCUT2D eigenvalue weighted by Gasteiger charge is -2.03. The summed E-state index contributed by atoms with van der Waals surface area (Å²) in [5.74, 6) is 0.353. The minimum atomic E-state index is -0.265. The summed E-state index contributed by atoms with van der Waals surface area (Å²) >= 11 is 1.66. The Morgan fingerprint density at radius 3 is 2.59 bits per heavy atom. The number of benzene rings is 1. The Morgan fingerprint density at radius 1 is 1.35 bits per heavy atom. The summed E-state index contributed by atoms with van der Waals surface area (Å²) in [6.45, 7) is 1.75. The van der Waals surface area contributed by atoms with Crippen molar-refractivity contribution in [2.24, 2.45) is 0 Å². The molecule has 1 heterocycles. The van der Waals surface area contributed by atoms with Gasteiger partial charge in [0.15, 0.2) is 5.69 Å². The van der Waals surface area contributed by atoms with E-state index in [0.717, 1.165) is 10.6 Å². The largest absolute Gasteiger partial charge is 0.361 e. The standard InChI is InChI=1S/C12H12N2O2S/c1-8-7-11(14-16-8)12(15)13-9-3-5-10(17-2)6-4-9/h3-7H,1-2H3,(H,13,15). The van der Waals surface area contributed by atoms with Gasteiger partial charge in [0.2, 0.25) is 0 Å². The van der Waals surface area contributed by atoms with E-state index in [1.54, 1.807) is 24.8 Å². The van der Waals surface area contributed by atoms with Crippen LogP contribution in [-0.4, -0.2) is 17.3 Å². The number of aryl methyl sites for hydroxylation is 1. The number of nitrogens with zero attached hydrogens (tertiary/aromatic N) is 1. The van der Waals surface area contributed by atoms with Gasteiger partial charge >= 0.3 is 0 Å². The van der Waals surface area contributed by atoms with E-state index in [1.807, 2.05) is 30.5 Å². The molecule has 0 atom stereocenters. The first-order valence-corrected chi connectivity index (χ1v) is 6.30. The topological polar surface area (TPSA) is 55.1 Å². The van der Waals surface area contributed by atoms with Gasteiger partial charge in [-0.15, -0.1) is 11.8 Å². The van der Waals surface area contributed by atoms with Crippen LogP contribution in [0, 0.1) is 6.92 Å². The molecule has 0 fully saturated rings. The van der Waals surface area contributed by atoms with E-state index in [0.29, 0.717) is 5.76 Å². The molecule has 0 aliphatic rings. The fraction of sp³-hybridized carbons (Fsp3) is 0.167.